The van der Waals surface area contributed by atoms with Crippen molar-refractivity contribution in [1.82, 2.24) is 0 Å². The molecule has 4 rings (SSSR count). The molecule has 119 valence electrons. The van der Waals surface area contributed by atoms with Crippen molar-refractivity contribution >= 4 is 13.6 Å². The van der Waals surface area contributed by atoms with E-state index < -0.39 is 8.41 Å². The van der Waals surface area contributed by atoms with Gasteiger partial charge in [-0.3, -0.25) is 0 Å². The molecule has 0 spiro atoms. The Hall–Kier alpha value is -0.530. The molecule has 0 unspecified atom stereocenters. The molecule has 2 aromatic rings. The van der Waals surface area contributed by atoms with Crippen LogP contribution in [0.5, 0.6) is 0 Å². The van der Waals surface area contributed by atoms with Gasteiger partial charge in [-0.25, -0.2) is 12.2 Å². The summed E-state index contributed by atoms with van der Waals surface area (Å²) in [7, 11) is -0.429. The topological polar surface area (TPSA) is 0 Å². The molecule has 2 aliphatic rings. The van der Waals surface area contributed by atoms with E-state index in [1.807, 2.05) is 0 Å². The minimum Gasteiger partial charge on any atom is -1.00 e. The maximum absolute atomic E-state index is 3.68. The molecule has 0 N–H and O–H groups in total. The number of hydrogen-bond donors (Lipinski definition) is 0. The second-order valence-electron chi connectivity index (χ2n) is 5.93. The Morgan fingerprint density at radius 3 is 1.75 bits per heavy atom. The van der Waals surface area contributed by atoms with Crippen LogP contribution in [0.4, 0.5) is 0 Å². The third-order valence-corrected chi connectivity index (χ3v) is 5.76. The van der Waals surface area contributed by atoms with E-state index in [-0.39, 0.29) is 51.0 Å². The van der Waals surface area contributed by atoms with E-state index in [0.29, 0.717) is 5.92 Å². The Labute approximate surface area is 177 Å². The minimum atomic E-state index is -0.429. The molecule has 4 heteroatoms. The summed E-state index contributed by atoms with van der Waals surface area (Å²) in [5.41, 5.74) is 6.94. The zero-order valence-corrected chi connectivity index (χ0v) is 18.6. The molecular weight excluding hydrogens is 430 g/mol. The fraction of sp³-hybridized carbons (Fsp3) is 0.150. The van der Waals surface area contributed by atoms with Gasteiger partial charge in [0.15, 0.2) is 0 Å². The van der Waals surface area contributed by atoms with Crippen LogP contribution in [0.25, 0.3) is 11.1 Å². The zero-order valence-electron chi connectivity index (χ0n) is 13.6. The zero-order chi connectivity index (χ0) is 14.4. The maximum Gasteiger partial charge on any atom is 3.00 e. The molecular formula is C20H17Cl2SiZr. The van der Waals surface area contributed by atoms with Crippen LogP contribution in [-0.2, 0) is 26.2 Å². The largest absolute Gasteiger partial charge is 3.00 e. The van der Waals surface area contributed by atoms with Gasteiger partial charge in [0.25, 0.3) is 0 Å². The van der Waals surface area contributed by atoms with Crippen molar-refractivity contribution in [2.45, 2.75) is 19.0 Å². The SMILES string of the molecule is C[Si](C)=C1[C-]=C(C2c3ccccc3-c3ccccc32)C=C1.[Cl-].[Cl-].[Zr+3]. The second-order valence-corrected chi connectivity index (χ2v) is 8.47. The predicted molar refractivity (Wildman–Crippen MR) is 92.1 cm³/mol. The van der Waals surface area contributed by atoms with Crippen LogP contribution >= 0.6 is 0 Å². The summed E-state index contributed by atoms with van der Waals surface area (Å²) >= 11 is 0. The van der Waals surface area contributed by atoms with E-state index in [9.17, 15) is 0 Å². The summed E-state index contributed by atoms with van der Waals surface area (Å²) in [5.74, 6) is 0.354. The maximum atomic E-state index is 3.68. The summed E-state index contributed by atoms with van der Waals surface area (Å²) < 4.78 is 0. The summed E-state index contributed by atoms with van der Waals surface area (Å²) in [6.45, 7) is 4.66. The average molecular weight is 448 g/mol. The van der Waals surface area contributed by atoms with E-state index in [1.54, 1.807) is 0 Å². The monoisotopic (exact) mass is 445 g/mol. The molecule has 0 heterocycles. The smallest absolute Gasteiger partial charge is 1.00 e. The Morgan fingerprint density at radius 2 is 1.29 bits per heavy atom. The van der Waals surface area contributed by atoms with Gasteiger partial charge in [0.05, 0.1) is 0 Å². The fourth-order valence-electron chi connectivity index (χ4n) is 3.36. The summed E-state index contributed by atoms with van der Waals surface area (Å²) in [6, 6.07) is 17.6. The number of fused-ring (bicyclic) bond motifs is 3. The Bertz CT molecular complexity index is 788. The average Bonchev–Trinajstić information content (AvgIpc) is 3.09. The van der Waals surface area contributed by atoms with Gasteiger partial charge in [-0.2, -0.15) is 16.8 Å². The molecule has 0 saturated heterocycles. The van der Waals surface area contributed by atoms with Gasteiger partial charge < -0.3 is 24.8 Å². The van der Waals surface area contributed by atoms with Gasteiger partial charge in [-0.05, 0) is 30.7 Å². The van der Waals surface area contributed by atoms with Crippen molar-refractivity contribution in [2.75, 3.05) is 0 Å². The first-order valence-corrected chi connectivity index (χ1v) is 9.93. The van der Waals surface area contributed by atoms with Crippen molar-refractivity contribution in [2.24, 2.45) is 0 Å². The molecule has 0 fully saturated rings. The van der Waals surface area contributed by atoms with Gasteiger partial charge in [-0.15, -0.1) is 0 Å². The number of benzene rings is 2. The molecule has 24 heavy (non-hydrogen) atoms. The van der Waals surface area contributed by atoms with Gasteiger partial charge in [-0.1, -0.05) is 61.6 Å². The molecule has 0 aromatic heterocycles. The van der Waals surface area contributed by atoms with Crippen LogP contribution in [0.2, 0.25) is 13.1 Å². The Balaban J connectivity index is 0.000000960. The normalized spacial score (nSPS) is 13.9. The number of hydrogen-bond acceptors (Lipinski definition) is 0. The van der Waals surface area contributed by atoms with E-state index >= 15 is 0 Å². The van der Waals surface area contributed by atoms with Crippen LogP contribution in [0.15, 0.2) is 66.3 Å². The van der Waals surface area contributed by atoms with E-state index in [1.165, 1.54) is 33.0 Å². The van der Waals surface area contributed by atoms with Crippen molar-refractivity contribution in [3.05, 3.63) is 83.5 Å². The first kappa shape index (κ1) is 21.5. The van der Waals surface area contributed by atoms with Crippen molar-refractivity contribution in [3.63, 3.8) is 0 Å². The number of halogens is 2. The van der Waals surface area contributed by atoms with E-state index in [2.05, 4.69) is 79.9 Å². The van der Waals surface area contributed by atoms with E-state index in [0.717, 1.165) is 0 Å². The van der Waals surface area contributed by atoms with Gasteiger partial charge >= 0.3 is 26.2 Å². The predicted octanol–water partition coefficient (Wildman–Crippen LogP) is -1.39. The summed E-state index contributed by atoms with van der Waals surface area (Å²) in [5, 5.41) is 1.41. The van der Waals surface area contributed by atoms with Crippen molar-refractivity contribution in [1.29, 1.82) is 0 Å². The van der Waals surface area contributed by atoms with Crippen LogP contribution in [0.3, 0.4) is 0 Å². The third kappa shape index (κ3) is 3.53. The molecule has 0 amide bonds. The minimum absolute atomic E-state index is 0. The van der Waals surface area contributed by atoms with Crippen LogP contribution in [0.1, 0.15) is 17.0 Å². The van der Waals surface area contributed by atoms with E-state index in [4.69, 9.17) is 0 Å². The third-order valence-electron chi connectivity index (χ3n) is 4.39. The van der Waals surface area contributed by atoms with Gasteiger partial charge in [0.1, 0.15) is 0 Å². The van der Waals surface area contributed by atoms with Crippen molar-refractivity contribution in [3.8, 4) is 11.1 Å². The number of rotatable bonds is 1. The van der Waals surface area contributed by atoms with Crippen molar-refractivity contribution < 1.29 is 51.0 Å². The standard InChI is InChI=1S/C20H17Si.2ClH.Zr/c1-21(2)15-12-11-14(13-15)20-18-9-5-3-7-16(18)17-8-4-6-10-19(17)20;;;/h3-12,20H,1-2H3;2*1H;/q-1;;;+3/p-2. The molecule has 0 aliphatic heterocycles. The first-order valence-electron chi connectivity index (χ1n) is 7.43. The molecule has 2 aliphatic carbocycles. The molecule has 2 aromatic carbocycles. The molecule has 0 bridgehead atoms. The number of allylic oxidation sites excluding steroid dienone is 4. The van der Waals surface area contributed by atoms with Crippen LogP contribution < -0.4 is 24.8 Å². The molecule has 0 saturated carbocycles. The summed E-state index contributed by atoms with van der Waals surface area (Å²) in [4.78, 5) is 0. The fourth-order valence-corrected chi connectivity index (χ4v) is 4.17. The van der Waals surface area contributed by atoms with Crippen LogP contribution in [-0.4, -0.2) is 13.6 Å². The molecule has 0 atom stereocenters. The van der Waals surface area contributed by atoms with Gasteiger partial charge in [0, 0.05) is 5.92 Å². The van der Waals surface area contributed by atoms with Gasteiger partial charge in [0.2, 0.25) is 0 Å². The second kappa shape index (κ2) is 8.72. The molecule has 1 radical (unpaired) electrons. The summed E-state index contributed by atoms with van der Waals surface area (Å²) in [6.07, 6.45) is 8.23. The quantitative estimate of drug-likeness (QED) is 0.373. The molecule has 0 nitrogen and oxygen atoms in total. The Morgan fingerprint density at radius 1 is 0.792 bits per heavy atom. The van der Waals surface area contributed by atoms with Crippen LogP contribution in [0, 0.1) is 6.08 Å². The first-order chi connectivity index (χ1) is 10.3. The Kier molecular flexibility index (Phi) is 7.81.